The van der Waals surface area contributed by atoms with Crippen molar-refractivity contribution in [3.8, 4) is 10.4 Å². The Bertz CT molecular complexity index is 627. The van der Waals surface area contributed by atoms with E-state index >= 15 is 0 Å². The Balaban J connectivity index is 2.53. The maximum Gasteiger partial charge on any atom is 0.356 e. The van der Waals surface area contributed by atoms with Crippen molar-refractivity contribution in [1.82, 2.24) is 4.98 Å². The zero-order valence-electron chi connectivity index (χ0n) is 10.1. The van der Waals surface area contributed by atoms with Crippen molar-refractivity contribution in [3.63, 3.8) is 0 Å². The van der Waals surface area contributed by atoms with Gasteiger partial charge in [0.25, 0.3) is 0 Å². The van der Waals surface area contributed by atoms with Gasteiger partial charge in [0, 0.05) is 4.47 Å². The van der Waals surface area contributed by atoms with Crippen molar-refractivity contribution in [2.24, 2.45) is 0 Å². The van der Waals surface area contributed by atoms with Crippen LogP contribution in [0.1, 0.15) is 28.8 Å². The number of halogens is 2. The summed E-state index contributed by atoms with van der Waals surface area (Å²) in [5, 5.41) is 10.7. The summed E-state index contributed by atoms with van der Waals surface area (Å²) in [6.45, 7) is 2.04. The molecule has 3 nitrogen and oxygen atoms in total. The van der Waals surface area contributed by atoms with Gasteiger partial charge in [-0.15, -0.1) is 11.3 Å². The number of rotatable bonds is 4. The predicted octanol–water partition coefficient (Wildman–Crippen LogP) is 4.88. The lowest BCUT2D eigenvalue weighted by Crippen LogP contribution is -1.99. The third-order valence-electron chi connectivity index (χ3n) is 2.52. The highest BCUT2D eigenvalue weighted by Crippen LogP contribution is 2.34. The summed E-state index contributed by atoms with van der Waals surface area (Å²) in [5.41, 5.74) is 0.927. The van der Waals surface area contributed by atoms with Gasteiger partial charge in [0.05, 0.1) is 14.9 Å². The summed E-state index contributed by atoms with van der Waals surface area (Å²) in [5.74, 6) is -1.00. The largest absolute Gasteiger partial charge is 0.476 e. The number of hydrogen-bond acceptors (Lipinski definition) is 3. The van der Waals surface area contributed by atoms with Gasteiger partial charge in [-0.25, -0.2) is 9.78 Å². The first kappa shape index (κ1) is 14.5. The number of hydrogen-bond donors (Lipinski definition) is 1. The first-order valence-corrected chi connectivity index (χ1v) is 7.70. The molecule has 2 rings (SSSR count). The normalized spacial score (nSPS) is 10.7. The van der Waals surface area contributed by atoms with Crippen LogP contribution in [0.5, 0.6) is 0 Å². The van der Waals surface area contributed by atoms with Gasteiger partial charge in [0.15, 0.2) is 5.69 Å². The molecule has 1 aromatic carbocycles. The van der Waals surface area contributed by atoms with E-state index < -0.39 is 5.97 Å². The average Bonchev–Trinajstić information content (AvgIpc) is 2.77. The highest BCUT2D eigenvalue weighted by Gasteiger charge is 2.19. The van der Waals surface area contributed by atoms with Crippen molar-refractivity contribution in [1.29, 1.82) is 0 Å². The Morgan fingerprint density at radius 1 is 1.53 bits per heavy atom. The molecule has 0 saturated heterocycles. The Morgan fingerprint density at radius 3 is 2.84 bits per heavy atom. The maximum atomic E-state index is 11.3. The second-order valence-electron chi connectivity index (χ2n) is 3.97. The van der Waals surface area contributed by atoms with E-state index in [1.54, 1.807) is 6.07 Å². The van der Waals surface area contributed by atoms with Gasteiger partial charge in [0.1, 0.15) is 0 Å². The third kappa shape index (κ3) is 3.16. The van der Waals surface area contributed by atoms with E-state index in [1.165, 1.54) is 11.3 Å². The molecule has 0 radical (unpaired) electrons. The topological polar surface area (TPSA) is 50.2 Å². The monoisotopic (exact) mass is 359 g/mol. The van der Waals surface area contributed by atoms with Gasteiger partial charge in [-0.05, 0) is 46.5 Å². The molecule has 6 heteroatoms. The number of benzene rings is 1. The number of nitrogens with zero attached hydrogens (tertiary/aromatic N) is 1. The van der Waals surface area contributed by atoms with Gasteiger partial charge in [0.2, 0.25) is 0 Å². The second kappa shape index (κ2) is 6.03. The first-order valence-electron chi connectivity index (χ1n) is 5.71. The molecule has 0 spiro atoms. The summed E-state index contributed by atoms with van der Waals surface area (Å²) in [7, 11) is 0. The number of carboxylic acid groups (broad SMARTS) is 1. The van der Waals surface area contributed by atoms with Gasteiger partial charge < -0.3 is 5.11 Å². The van der Waals surface area contributed by atoms with Gasteiger partial charge in [-0.1, -0.05) is 24.6 Å². The maximum absolute atomic E-state index is 11.3. The van der Waals surface area contributed by atoms with Crippen molar-refractivity contribution >= 4 is 44.8 Å². The molecule has 0 aliphatic carbocycles. The fourth-order valence-corrected chi connectivity index (χ4v) is 3.31. The Hall–Kier alpha value is -0.910. The molecule has 0 bridgehead atoms. The van der Waals surface area contributed by atoms with Crippen LogP contribution in [0.4, 0.5) is 0 Å². The lowest BCUT2D eigenvalue weighted by Gasteiger charge is -2.01. The van der Waals surface area contributed by atoms with Crippen LogP contribution in [-0.2, 0) is 6.42 Å². The van der Waals surface area contributed by atoms with Crippen LogP contribution in [0.25, 0.3) is 10.4 Å². The van der Waals surface area contributed by atoms with Crippen LogP contribution < -0.4 is 0 Å². The van der Waals surface area contributed by atoms with E-state index in [4.69, 9.17) is 11.6 Å². The molecule has 1 N–H and O–H groups in total. The fourth-order valence-electron chi connectivity index (χ4n) is 1.66. The third-order valence-corrected chi connectivity index (χ3v) is 4.90. The standard InChI is InChI=1S/C13H11BrClNO2S/c1-2-3-10-16-11(13(17)18)12(19-10)7-4-5-9(15)8(14)6-7/h4-6H,2-3H2,1H3,(H,17,18). The van der Waals surface area contributed by atoms with Crippen LogP contribution in [0.15, 0.2) is 22.7 Å². The minimum Gasteiger partial charge on any atom is -0.476 e. The number of carboxylic acids is 1. The lowest BCUT2D eigenvalue weighted by molar-refractivity contribution is 0.0692. The molecule has 0 fully saturated rings. The summed E-state index contributed by atoms with van der Waals surface area (Å²) in [6, 6.07) is 5.37. The molecular weight excluding hydrogens is 350 g/mol. The van der Waals surface area contributed by atoms with E-state index in [1.807, 2.05) is 19.1 Å². The molecule has 1 aromatic heterocycles. The molecule has 0 aliphatic heterocycles. The lowest BCUT2D eigenvalue weighted by atomic mass is 10.1. The van der Waals surface area contributed by atoms with Gasteiger partial charge in [-0.3, -0.25) is 0 Å². The molecular formula is C13H11BrClNO2S. The van der Waals surface area contributed by atoms with E-state index in [0.717, 1.165) is 27.9 Å². The van der Waals surface area contributed by atoms with E-state index in [0.29, 0.717) is 9.90 Å². The van der Waals surface area contributed by atoms with Crippen molar-refractivity contribution < 1.29 is 9.90 Å². The number of aryl methyl sites for hydroxylation is 1. The fraction of sp³-hybridized carbons (Fsp3) is 0.231. The number of aromatic carboxylic acids is 1. The van der Waals surface area contributed by atoms with Crippen LogP contribution in [0, 0.1) is 0 Å². The summed E-state index contributed by atoms with van der Waals surface area (Å²) >= 11 is 10.7. The van der Waals surface area contributed by atoms with E-state index in [2.05, 4.69) is 20.9 Å². The average molecular weight is 361 g/mol. The zero-order valence-corrected chi connectivity index (χ0v) is 13.3. The minimum absolute atomic E-state index is 0.114. The van der Waals surface area contributed by atoms with Crippen LogP contribution in [-0.4, -0.2) is 16.1 Å². The number of carbonyl (C=O) groups is 1. The molecule has 2 aromatic rings. The van der Waals surface area contributed by atoms with E-state index in [-0.39, 0.29) is 5.69 Å². The number of aromatic nitrogens is 1. The van der Waals surface area contributed by atoms with Gasteiger partial charge in [-0.2, -0.15) is 0 Å². The highest BCUT2D eigenvalue weighted by molar-refractivity contribution is 9.10. The van der Waals surface area contributed by atoms with Crippen molar-refractivity contribution in [2.75, 3.05) is 0 Å². The van der Waals surface area contributed by atoms with Gasteiger partial charge >= 0.3 is 5.97 Å². The van der Waals surface area contributed by atoms with Crippen LogP contribution in [0.2, 0.25) is 5.02 Å². The first-order chi connectivity index (χ1) is 9.02. The molecule has 0 amide bonds. The van der Waals surface area contributed by atoms with Crippen molar-refractivity contribution in [3.05, 3.63) is 38.4 Å². The quantitative estimate of drug-likeness (QED) is 0.845. The molecule has 0 unspecified atom stereocenters. The smallest absolute Gasteiger partial charge is 0.356 e. The Kier molecular flexibility index (Phi) is 4.60. The second-order valence-corrected chi connectivity index (χ2v) is 6.31. The molecule has 0 atom stereocenters. The van der Waals surface area contributed by atoms with Crippen LogP contribution in [0.3, 0.4) is 0 Å². The molecule has 100 valence electrons. The van der Waals surface area contributed by atoms with E-state index in [9.17, 15) is 9.90 Å². The van der Waals surface area contributed by atoms with Crippen LogP contribution >= 0.6 is 38.9 Å². The summed E-state index contributed by atoms with van der Waals surface area (Å²) in [6.07, 6.45) is 1.73. The Labute approximate surface area is 128 Å². The molecule has 19 heavy (non-hydrogen) atoms. The molecule has 0 saturated carbocycles. The minimum atomic E-state index is -1.00. The molecule has 1 heterocycles. The predicted molar refractivity (Wildman–Crippen MR) is 81.2 cm³/mol. The molecule has 0 aliphatic rings. The Morgan fingerprint density at radius 2 is 2.26 bits per heavy atom. The zero-order chi connectivity index (χ0) is 14.0. The highest BCUT2D eigenvalue weighted by atomic mass is 79.9. The SMILES string of the molecule is CCCc1nc(C(=O)O)c(-c2ccc(Cl)c(Br)c2)s1. The summed E-state index contributed by atoms with van der Waals surface area (Å²) < 4.78 is 0.744. The van der Waals surface area contributed by atoms with Crippen molar-refractivity contribution in [2.45, 2.75) is 19.8 Å². The number of thiazole rings is 1. The summed E-state index contributed by atoms with van der Waals surface area (Å²) in [4.78, 5) is 16.1.